The van der Waals surface area contributed by atoms with Gasteiger partial charge in [0.05, 0.1) is 0 Å². The molecule has 6 heteroatoms. The third kappa shape index (κ3) is 5.27. The molecule has 1 amide bonds. The fourth-order valence-corrected chi connectivity index (χ4v) is 3.62. The Morgan fingerprint density at radius 2 is 1.86 bits per heavy atom. The van der Waals surface area contributed by atoms with Crippen LogP contribution in [-0.4, -0.2) is 17.9 Å². The summed E-state index contributed by atoms with van der Waals surface area (Å²) in [5, 5.41) is 2.71. The summed E-state index contributed by atoms with van der Waals surface area (Å²) in [6.07, 6.45) is 2.23. The summed E-state index contributed by atoms with van der Waals surface area (Å²) in [5.41, 5.74) is 1.05. The van der Waals surface area contributed by atoms with Gasteiger partial charge in [0.2, 0.25) is 5.92 Å². The quantitative estimate of drug-likeness (QED) is 0.795. The molecule has 28 heavy (non-hydrogen) atoms. The van der Waals surface area contributed by atoms with Crippen LogP contribution in [0.2, 0.25) is 0 Å². The number of amides is 1. The Morgan fingerprint density at radius 3 is 2.50 bits per heavy atom. The number of nitrogens with one attached hydrogen (secondary N) is 1. The SMILES string of the molecule is Cc1cc(CCCc2ccccc2)oc(=O)c1C(=O)NC1CCC(F)(F)CC1. The fraction of sp³-hybridized carbons (Fsp3) is 0.455. The Balaban J connectivity index is 1.60. The van der Waals surface area contributed by atoms with E-state index in [4.69, 9.17) is 4.42 Å². The van der Waals surface area contributed by atoms with Crippen LogP contribution >= 0.6 is 0 Å². The predicted octanol–water partition coefficient (Wildman–Crippen LogP) is 4.43. The lowest BCUT2D eigenvalue weighted by Gasteiger charge is -2.28. The number of aryl methyl sites for hydroxylation is 3. The van der Waals surface area contributed by atoms with E-state index in [0.717, 1.165) is 12.8 Å². The van der Waals surface area contributed by atoms with E-state index in [1.165, 1.54) is 5.56 Å². The lowest BCUT2D eigenvalue weighted by molar-refractivity contribution is -0.0399. The minimum absolute atomic E-state index is 0.0378. The molecule has 0 atom stereocenters. The summed E-state index contributed by atoms with van der Waals surface area (Å²) < 4.78 is 31.8. The molecule has 2 aromatic rings. The smallest absolute Gasteiger partial charge is 0.349 e. The highest BCUT2D eigenvalue weighted by atomic mass is 19.3. The maximum absolute atomic E-state index is 13.2. The van der Waals surface area contributed by atoms with E-state index in [9.17, 15) is 18.4 Å². The molecule has 1 N–H and O–H groups in total. The first-order valence-corrected chi connectivity index (χ1v) is 9.70. The predicted molar refractivity (Wildman–Crippen MR) is 103 cm³/mol. The van der Waals surface area contributed by atoms with Gasteiger partial charge in [0.25, 0.3) is 5.91 Å². The zero-order valence-corrected chi connectivity index (χ0v) is 16.0. The van der Waals surface area contributed by atoms with Crippen molar-refractivity contribution >= 4 is 5.91 Å². The second-order valence-electron chi connectivity index (χ2n) is 7.50. The van der Waals surface area contributed by atoms with E-state index < -0.39 is 17.5 Å². The van der Waals surface area contributed by atoms with Crippen molar-refractivity contribution in [1.29, 1.82) is 0 Å². The van der Waals surface area contributed by atoms with Crippen LogP contribution in [0.25, 0.3) is 0 Å². The first kappa shape index (κ1) is 20.2. The summed E-state index contributed by atoms with van der Waals surface area (Å²) >= 11 is 0. The van der Waals surface area contributed by atoms with Gasteiger partial charge in [-0.15, -0.1) is 0 Å². The molecule has 150 valence electrons. The van der Waals surface area contributed by atoms with Crippen LogP contribution in [0.15, 0.2) is 45.6 Å². The van der Waals surface area contributed by atoms with Crippen molar-refractivity contribution in [3.05, 3.63) is 69.3 Å². The van der Waals surface area contributed by atoms with Crippen LogP contribution < -0.4 is 10.9 Å². The molecular weight excluding hydrogens is 364 g/mol. The van der Waals surface area contributed by atoms with Crippen LogP contribution in [0.4, 0.5) is 8.78 Å². The van der Waals surface area contributed by atoms with Crippen LogP contribution in [0.5, 0.6) is 0 Å². The normalized spacial score (nSPS) is 16.7. The molecule has 0 saturated heterocycles. The van der Waals surface area contributed by atoms with Crippen LogP contribution in [0.3, 0.4) is 0 Å². The van der Waals surface area contributed by atoms with E-state index in [1.54, 1.807) is 13.0 Å². The van der Waals surface area contributed by atoms with Crippen LogP contribution in [0, 0.1) is 6.92 Å². The number of carbonyl (C=O) groups is 1. The third-order valence-electron chi connectivity index (χ3n) is 5.21. The molecule has 0 spiro atoms. The monoisotopic (exact) mass is 389 g/mol. The van der Waals surface area contributed by atoms with Crippen molar-refractivity contribution in [3.63, 3.8) is 0 Å². The van der Waals surface area contributed by atoms with Crippen LogP contribution in [-0.2, 0) is 12.8 Å². The first-order valence-electron chi connectivity index (χ1n) is 9.70. The minimum atomic E-state index is -2.66. The summed E-state index contributed by atoms with van der Waals surface area (Å²) in [4.78, 5) is 24.8. The van der Waals surface area contributed by atoms with E-state index in [-0.39, 0.29) is 37.3 Å². The Bertz CT molecular complexity index is 867. The summed E-state index contributed by atoms with van der Waals surface area (Å²) in [5.74, 6) is -2.65. The maximum atomic E-state index is 13.2. The van der Waals surface area contributed by atoms with Crippen LogP contribution in [0.1, 0.15) is 59.3 Å². The molecule has 1 aromatic carbocycles. The van der Waals surface area contributed by atoms with Gasteiger partial charge in [-0.1, -0.05) is 30.3 Å². The largest absolute Gasteiger partial charge is 0.427 e. The number of alkyl halides is 2. The van der Waals surface area contributed by atoms with Gasteiger partial charge in [0, 0.05) is 25.3 Å². The number of hydrogen-bond donors (Lipinski definition) is 1. The van der Waals surface area contributed by atoms with Gasteiger partial charge in [-0.3, -0.25) is 4.79 Å². The molecule has 1 aliphatic rings. The fourth-order valence-electron chi connectivity index (χ4n) is 3.62. The molecule has 0 radical (unpaired) electrons. The average Bonchev–Trinajstić information content (AvgIpc) is 2.64. The first-order chi connectivity index (χ1) is 13.3. The molecule has 0 bridgehead atoms. The van der Waals surface area contributed by atoms with Crippen molar-refractivity contribution in [2.75, 3.05) is 0 Å². The van der Waals surface area contributed by atoms with Crippen molar-refractivity contribution in [3.8, 4) is 0 Å². The lowest BCUT2D eigenvalue weighted by Crippen LogP contribution is -2.42. The van der Waals surface area contributed by atoms with E-state index in [2.05, 4.69) is 17.4 Å². The Kier molecular flexibility index (Phi) is 6.27. The zero-order valence-electron chi connectivity index (χ0n) is 16.0. The Hall–Kier alpha value is -2.50. The van der Waals surface area contributed by atoms with Gasteiger partial charge in [0.15, 0.2) is 0 Å². The number of halogens is 2. The zero-order chi connectivity index (χ0) is 20.1. The number of hydrogen-bond acceptors (Lipinski definition) is 3. The highest BCUT2D eigenvalue weighted by Gasteiger charge is 2.35. The highest BCUT2D eigenvalue weighted by molar-refractivity contribution is 5.95. The molecule has 0 aliphatic heterocycles. The molecule has 1 aliphatic carbocycles. The van der Waals surface area contributed by atoms with Crippen molar-refractivity contribution in [2.24, 2.45) is 0 Å². The second kappa shape index (κ2) is 8.67. The maximum Gasteiger partial charge on any atom is 0.349 e. The molecule has 1 heterocycles. The third-order valence-corrected chi connectivity index (χ3v) is 5.21. The second-order valence-corrected chi connectivity index (χ2v) is 7.50. The van der Waals surface area contributed by atoms with Gasteiger partial charge >= 0.3 is 5.63 Å². The van der Waals surface area contributed by atoms with E-state index in [0.29, 0.717) is 17.7 Å². The van der Waals surface area contributed by atoms with Crippen molar-refractivity contribution < 1.29 is 18.0 Å². The summed E-state index contributed by atoms with van der Waals surface area (Å²) in [6.45, 7) is 1.70. The highest BCUT2D eigenvalue weighted by Crippen LogP contribution is 2.33. The summed E-state index contributed by atoms with van der Waals surface area (Å²) in [6, 6.07) is 11.4. The molecule has 4 nitrogen and oxygen atoms in total. The van der Waals surface area contributed by atoms with Crippen molar-refractivity contribution in [2.45, 2.75) is 63.8 Å². The van der Waals surface area contributed by atoms with Gasteiger partial charge in [0.1, 0.15) is 11.3 Å². The Morgan fingerprint density at radius 1 is 1.18 bits per heavy atom. The number of rotatable bonds is 6. The number of benzene rings is 1. The molecule has 0 unspecified atom stereocenters. The van der Waals surface area contributed by atoms with Gasteiger partial charge in [-0.05, 0) is 49.8 Å². The lowest BCUT2D eigenvalue weighted by atomic mass is 9.92. The van der Waals surface area contributed by atoms with Gasteiger partial charge in [-0.25, -0.2) is 13.6 Å². The van der Waals surface area contributed by atoms with Gasteiger partial charge < -0.3 is 9.73 Å². The van der Waals surface area contributed by atoms with E-state index in [1.807, 2.05) is 18.2 Å². The Labute approximate surface area is 163 Å². The van der Waals surface area contributed by atoms with Gasteiger partial charge in [-0.2, -0.15) is 0 Å². The molecule has 1 saturated carbocycles. The summed E-state index contributed by atoms with van der Waals surface area (Å²) in [7, 11) is 0. The molecule has 1 fully saturated rings. The molecule has 3 rings (SSSR count). The number of carbonyl (C=O) groups excluding carboxylic acids is 1. The average molecular weight is 389 g/mol. The van der Waals surface area contributed by atoms with E-state index >= 15 is 0 Å². The van der Waals surface area contributed by atoms with Crippen molar-refractivity contribution in [1.82, 2.24) is 5.32 Å². The molecular formula is C22H25F2NO3. The standard InChI is InChI=1S/C22H25F2NO3/c1-15-14-18(9-5-8-16-6-3-2-4-7-16)28-21(27)19(15)20(26)25-17-10-12-22(23,24)13-11-17/h2-4,6-7,14,17H,5,8-13H2,1H3,(H,25,26). The molecule has 1 aromatic heterocycles. The minimum Gasteiger partial charge on any atom is -0.427 e. The topological polar surface area (TPSA) is 59.3 Å².